The molecular weight excluding hydrogens is 233 g/mol. The molecule has 3 N–H and O–H groups in total. The summed E-state index contributed by atoms with van der Waals surface area (Å²) in [6, 6.07) is 3.30. The van der Waals surface area contributed by atoms with Crippen LogP contribution in [0.4, 0.5) is 15.8 Å². The second kappa shape index (κ2) is 6.67. The summed E-state index contributed by atoms with van der Waals surface area (Å²) in [4.78, 5) is 9.51. The number of nitro benzene ring substituents is 1. The minimum Gasteiger partial charge on any atom is -0.376 e. The molecule has 0 amide bonds. The molecule has 0 heterocycles. The van der Waals surface area contributed by atoms with Gasteiger partial charge >= 0.3 is 5.69 Å². The zero-order valence-electron chi connectivity index (χ0n) is 8.86. The first-order valence-corrected chi connectivity index (χ1v) is 4.92. The molecule has 0 radical (unpaired) electrons. The number of hydrogen-bond donors (Lipinski definition) is 2. The molecule has 0 bridgehead atoms. The molecule has 7 heteroatoms. The van der Waals surface area contributed by atoms with Crippen LogP contribution in [0.2, 0.25) is 0 Å². The standard InChI is InChI=1S/C7H6FN3O2S.C2H6/c8-5-2-1-4(10-7(9)14)3-6(5)11(12)13;1-2/h1-3H,(H3,9,10,14);1-2H3. The van der Waals surface area contributed by atoms with Crippen LogP contribution >= 0.6 is 12.2 Å². The van der Waals surface area contributed by atoms with E-state index in [0.717, 1.165) is 12.1 Å². The quantitative estimate of drug-likeness (QED) is 0.475. The molecule has 0 aliphatic rings. The van der Waals surface area contributed by atoms with E-state index in [2.05, 4.69) is 17.5 Å². The maximum atomic E-state index is 12.8. The maximum Gasteiger partial charge on any atom is 0.306 e. The van der Waals surface area contributed by atoms with E-state index >= 15 is 0 Å². The molecule has 1 rings (SSSR count). The summed E-state index contributed by atoms with van der Waals surface area (Å²) in [5.74, 6) is -0.900. The number of benzene rings is 1. The topological polar surface area (TPSA) is 81.2 Å². The number of rotatable bonds is 2. The van der Waals surface area contributed by atoms with Crippen molar-refractivity contribution in [2.24, 2.45) is 5.73 Å². The van der Waals surface area contributed by atoms with E-state index in [1.807, 2.05) is 13.8 Å². The van der Waals surface area contributed by atoms with E-state index in [9.17, 15) is 14.5 Å². The van der Waals surface area contributed by atoms with Crippen molar-refractivity contribution in [1.82, 2.24) is 0 Å². The number of halogens is 1. The molecule has 1 aromatic carbocycles. The Kier molecular flexibility index (Phi) is 5.94. The molecule has 0 saturated heterocycles. The highest BCUT2D eigenvalue weighted by molar-refractivity contribution is 7.80. The molecule has 0 atom stereocenters. The van der Waals surface area contributed by atoms with E-state index in [1.165, 1.54) is 6.07 Å². The summed E-state index contributed by atoms with van der Waals surface area (Å²) < 4.78 is 12.8. The highest BCUT2D eigenvalue weighted by Crippen LogP contribution is 2.21. The van der Waals surface area contributed by atoms with Gasteiger partial charge in [0, 0.05) is 11.8 Å². The average molecular weight is 245 g/mol. The Bertz CT molecular complexity index is 398. The molecule has 5 nitrogen and oxygen atoms in total. The highest BCUT2D eigenvalue weighted by Gasteiger charge is 2.14. The van der Waals surface area contributed by atoms with Crippen molar-refractivity contribution < 1.29 is 9.31 Å². The van der Waals surface area contributed by atoms with Crippen molar-refractivity contribution in [3.63, 3.8) is 0 Å². The van der Waals surface area contributed by atoms with Crippen LogP contribution in [0.3, 0.4) is 0 Å². The number of hydrogen-bond acceptors (Lipinski definition) is 3. The van der Waals surface area contributed by atoms with Gasteiger partial charge < -0.3 is 11.1 Å². The van der Waals surface area contributed by atoms with Crippen molar-refractivity contribution in [3.8, 4) is 0 Å². The Hall–Kier alpha value is -1.76. The van der Waals surface area contributed by atoms with Crippen LogP contribution in [-0.4, -0.2) is 10.0 Å². The lowest BCUT2D eigenvalue weighted by molar-refractivity contribution is -0.387. The summed E-state index contributed by atoms with van der Waals surface area (Å²) >= 11 is 4.52. The Morgan fingerprint density at radius 3 is 2.56 bits per heavy atom. The van der Waals surface area contributed by atoms with Gasteiger partial charge in [-0.15, -0.1) is 0 Å². The van der Waals surface area contributed by atoms with Gasteiger partial charge in [0.25, 0.3) is 0 Å². The van der Waals surface area contributed by atoms with Gasteiger partial charge in [0.05, 0.1) is 4.92 Å². The third-order valence-electron chi connectivity index (χ3n) is 1.41. The van der Waals surface area contributed by atoms with Crippen molar-refractivity contribution in [2.45, 2.75) is 13.8 Å². The largest absolute Gasteiger partial charge is 0.376 e. The number of nitrogens with zero attached hydrogens (tertiary/aromatic N) is 1. The fourth-order valence-corrected chi connectivity index (χ4v) is 0.990. The first kappa shape index (κ1) is 14.2. The van der Waals surface area contributed by atoms with Gasteiger partial charge in [0.1, 0.15) is 0 Å². The molecule has 0 aliphatic heterocycles. The number of nitrogens with two attached hydrogens (primary N) is 1. The summed E-state index contributed by atoms with van der Waals surface area (Å²) in [5, 5.41) is 12.8. The Morgan fingerprint density at radius 1 is 1.56 bits per heavy atom. The number of nitrogens with one attached hydrogen (secondary N) is 1. The van der Waals surface area contributed by atoms with Crippen molar-refractivity contribution in [3.05, 3.63) is 34.1 Å². The Balaban J connectivity index is 0.00000106. The van der Waals surface area contributed by atoms with Gasteiger partial charge in [0.15, 0.2) is 5.11 Å². The van der Waals surface area contributed by atoms with Gasteiger partial charge in [-0.2, -0.15) is 4.39 Å². The van der Waals surface area contributed by atoms with E-state index in [-0.39, 0.29) is 10.8 Å². The van der Waals surface area contributed by atoms with Gasteiger partial charge in [0.2, 0.25) is 5.82 Å². The van der Waals surface area contributed by atoms with Gasteiger partial charge in [-0.1, -0.05) is 13.8 Å². The summed E-state index contributed by atoms with van der Waals surface area (Å²) in [6.45, 7) is 4.00. The summed E-state index contributed by atoms with van der Waals surface area (Å²) in [6.07, 6.45) is 0. The van der Waals surface area contributed by atoms with E-state index in [0.29, 0.717) is 0 Å². The molecule has 0 aromatic heterocycles. The lowest BCUT2D eigenvalue weighted by atomic mass is 10.2. The van der Waals surface area contributed by atoms with Crippen LogP contribution in [0, 0.1) is 15.9 Å². The molecular formula is C9H12FN3O2S. The second-order valence-electron chi connectivity index (χ2n) is 2.41. The zero-order chi connectivity index (χ0) is 12.7. The Morgan fingerprint density at radius 2 is 2.12 bits per heavy atom. The fourth-order valence-electron chi connectivity index (χ4n) is 0.873. The van der Waals surface area contributed by atoms with Crippen molar-refractivity contribution >= 4 is 28.7 Å². The van der Waals surface area contributed by atoms with Gasteiger partial charge in [-0.25, -0.2) is 0 Å². The third-order valence-corrected chi connectivity index (χ3v) is 1.51. The molecule has 0 aliphatic carbocycles. The van der Waals surface area contributed by atoms with Crippen molar-refractivity contribution in [1.29, 1.82) is 0 Å². The second-order valence-corrected chi connectivity index (χ2v) is 2.85. The fraction of sp³-hybridized carbons (Fsp3) is 0.222. The summed E-state index contributed by atoms with van der Waals surface area (Å²) in [5.41, 5.74) is 4.81. The molecule has 1 aromatic rings. The molecule has 0 unspecified atom stereocenters. The minimum absolute atomic E-state index is 0.0362. The van der Waals surface area contributed by atoms with Crippen LogP contribution in [0.1, 0.15) is 13.8 Å². The molecule has 0 spiro atoms. The minimum atomic E-state index is -0.900. The average Bonchev–Trinajstić information content (AvgIpc) is 2.23. The normalized spacial score (nSPS) is 8.69. The van der Waals surface area contributed by atoms with Crippen LogP contribution in [0.5, 0.6) is 0 Å². The first-order chi connectivity index (χ1) is 7.50. The van der Waals surface area contributed by atoms with Crippen LogP contribution < -0.4 is 11.1 Å². The van der Waals surface area contributed by atoms with Crippen LogP contribution in [0.25, 0.3) is 0 Å². The lowest BCUT2D eigenvalue weighted by Gasteiger charge is -2.02. The molecule has 88 valence electrons. The highest BCUT2D eigenvalue weighted by atomic mass is 32.1. The predicted molar refractivity (Wildman–Crippen MR) is 64.8 cm³/mol. The lowest BCUT2D eigenvalue weighted by Crippen LogP contribution is -2.18. The molecule has 16 heavy (non-hydrogen) atoms. The smallest absolute Gasteiger partial charge is 0.306 e. The van der Waals surface area contributed by atoms with Gasteiger partial charge in [-0.05, 0) is 24.4 Å². The summed E-state index contributed by atoms with van der Waals surface area (Å²) in [7, 11) is 0. The van der Waals surface area contributed by atoms with Gasteiger partial charge in [-0.3, -0.25) is 10.1 Å². The SMILES string of the molecule is CC.NC(=S)Nc1ccc(F)c([N+](=O)[O-])c1. The number of thiocarbonyl (C=S) groups is 1. The van der Waals surface area contributed by atoms with E-state index in [4.69, 9.17) is 5.73 Å². The Labute approximate surface area is 97.6 Å². The van der Waals surface area contributed by atoms with Crippen LogP contribution in [-0.2, 0) is 0 Å². The van der Waals surface area contributed by atoms with Crippen LogP contribution in [0.15, 0.2) is 18.2 Å². The van der Waals surface area contributed by atoms with E-state index in [1.54, 1.807) is 0 Å². The first-order valence-electron chi connectivity index (χ1n) is 4.51. The maximum absolute atomic E-state index is 12.8. The third kappa shape index (κ3) is 4.18. The predicted octanol–water partition coefficient (Wildman–Crippen LogP) is 2.42. The monoisotopic (exact) mass is 245 g/mol. The molecule has 0 fully saturated rings. The number of nitro groups is 1. The molecule has 0 saturated carbocycles. The number of anilines is 1. The van der Waals surface area contributed by atoms with E-state index < -0.39 is 16.4 Å². The zero-order valence-corrected chi connectivity index (χ0v) is 9.68. The van der Waals surface area contributed by atoms with Crippen molar-refractivity contribution in [2.75, 3.05) is 5.32 Å².